The van der Waals surface area contributed by atoms with Crippen molar-refractivity contribution in [2.24, 2.45) is 4.74 Å². The Morgan fingerprint density at radius 3 is 0.889 bits per heavy atom. The Kier molecular flexibility index (Phi) is 23.9. The van der Waals surface area contributed by atoms with E-state index in [9.17, 15) is 10.2 Å². The molecular weight excluding hydrogens is 1310 g/mol. The largest absolute Gasteiger partial charge is 1.00 e. The van der Waals surface area contributed by atoms with Crippen molar-refractivity contribution < 1.29 is 147 Å². The first-order chi connectivity index (χ1) is 47.6. The van der Waals surface area contributed by atoms with E-state index in [1.54, 1.807) is 43.4 Å². The molecule has 0 radical (unpaired) electrons. The number of halogens is 2. The number of hydrogen-bond donors (Lipinski definition) is 2. The summed E-state index contributed by atoms with van der Waals surface area (Å²) in [6.07, 6.45) is 0. The van der Waals surface area contributed by atoms with Gasteiger partial charge in [-0.05, 0) is 124 Å². The molecule has 8 nitrogen and oxygen atoms in total. The number of fused-ring (bicyclic) bond motifs is 6. The van der Waals surface area contributed by atoms with Gasteiger partial charge >= 0.3 is 103 Å². The van der Waals surface area contributed by atoms with E-state index in [0.717, 1.165) is 112 Å². The van der Waals surface area contributed by atoms with Crippen LogP contribution in [0.1, 0.15) is 1.43 Å². The molecule has 99 heavy (non-hydrogen) atoms. The minimum absolute atomic E-state index is 0. The Labute approximate surface area is 660 Å². The molecule has 0 saturated heterocycles. The molecule has 0 bridgehead atoms. The van der Waals surface area contributed by atoms with Crippen LogP contribution in [0.5, 0.6) is 11.5 Å². The van der Waals surface area contributed by atoms with Gasteiger partial charge in [-0.15, -0.1) is 0 Å². The number of benzene rings is 14. The summed E-state index contributed by atoms with van der Waals surface area (Å²) in [6, 6.07) is 103. The quantitative estimate of drug-likeness (QED) is 0.0434. The van der Waals surface area contributed by atoms with Crippen LogP contribution in [0.2, 0.25) is 0 Å². The van der Waals surface area contributed by atoms with E-state index in [4.69, 9.17) is 18.9 Å². The Bertz CT molecular complexity index is 5190. The predicted octanol–water partition coefficient (Wildman–Crippen LogP) is 17.0. The molecule has 0 amide bonds. The fourth-order valence-electron chi connectivity index (χ4n) is 12.5. The first-order valence-electron chi connectivity index (χ1n) is 31.2. The first kappa shape index (κ1) is 71.2. The summed E-state index contributed by atoms with van der Waals surface area (Å²) in [7, 11) is 4.47. The molecule has 0 atom stereocenters. The van der Waals surface area contributed by atoms with E-state index < -0.39 is 11.6 Å². The smallest absolute Gasteiger partial charge is 1.00 e. The number of carbonyl (C=O) groups is 1. The van der Waals surface area contributed by atoms with Crippen molar-refractivity contribution in [3.8, 4) is 123 Å². The molecule has 16 aromatic rings. The molecule has 16 rings (SSSR count). The number of furan rings is 2. The van der Waals surface area contributed by atoms with Gasteiger partial charge in [-0.1, -0.05) is 267 Å². The molecule has 2 aromatic heterocycles. The summed E-state index contributed by atoms with van der Waals surface area (Å²) in [4.78, 5) is 11.2. The SMILES string of the molecule is CN=P.O=CO[O-].Oc1c(-c2cccc(-c3ccccc3)c2)cccc1-c1cc(F)c(-c2cccc(-c3cccc(-c4ccccc4)c3)c2O)cc1F.[H-].[K+].[K+].c1ccc(-c2cccc(-c3cccc4c3oc3cc5c(cc34)oc3c(-c4cccc(-c6ccccc6)c4)cccc35)c2)cc1. The van der Waals surface area contributed by atoms with Crippen LogP contribution in [-0.4, -0.2) is 23.7 Å². The zero-order chi connectivity index (χ0) is 66.8. The molecule has 0 spiro atoms. The molecule has 2 N–H and O–H groups in total. The third-order valence-corrected chi connectivity index (χ3v) is 17.0. The van der Waals surface area contributed by atoms with Gasteiger partial charge < -0.3 is 30.6 Å². The van der Waals surface area contributed by atoms with Crippen LogP contribution in [0.15, 0.2) is 329 Å². The third-order valence-electron chi connectivity index (χ3n) is 17.0. The Morgan fingerprint density at radius 1 is 0.343 bits per heavy atom. The van der Waals surface area contributed by atoms with E-state index >= 15 is 8.78 Å². The summed E-state index contributed by atoms with van der Waals surface area (Å²) >= 11 is 0. The van der Waals surface area contributed by atoms with Crippen LogP contribution >= 0.6 is 9.03 Å². The van der Waals surface area contributed by atoms with Gasteiger partial charge in [0.15, 0.2) is 0 Å². The average molecular weight is 1370 g/mol. The van der Waals surface area contributed by atoms with Gasteiger partial charge in [0.25, 0.3) is 6.47 Å². The molecule has 0 unspecified atom stereocenters. The standard InChI is InChI=1S/C42H28F2O2.C42H26O2.CH4NP.CH2O3.2K.H/c43-39-26-38(36-22-10-20-34(42(36)46)32-18-8-16-30(24-32)28-13-5-2-6-14-28)40(44)25-37(39)35-21-9-19-33(41(35)45)31-17-7-15-29(23-31)27-11-3-1-4-12-27;1-3-11-27(12-4-1)29-15-7-17-31(23-29)33-19-9-21-35-37-25-40-38(26-39(37)43-41(33)35)36-22-10-20-34(42(36)44-40)32-18-8-16-30(24-32)28-13-5-2-6-14-28;1-2-3;2-1-4-3;;;/h1-26,45-46H;1-26H;3H,1H3;1,3H;;;/q;;;;2*+1;-1/p-1. The van der Waals surface area contributed by atoms with Gasteiger partial charge in [-0.25, -0.2) is 8.78 Å². The number of aromatic hydroxyl groups is 2. The van der Waals surface area contributed by atoms with Gasteiger partial charge in [-0.3, -0.25) is 9.54 Å². The van der Waals surface area contributed by atoms with E-state index in [1.807, 2.05) is 121 Å². The number of hydrogen-bond acceptors (Lipinski definition) is 8. The van der Waals surface area contributed by atoms with Gasteiger partial charge in [-0.2, -0.15) is 0 Å². The number of phenols is 2. The average Bonchev–Trinajstić information content (AvgIpc) is 1.56. The maximum absolute atomic E-state index is 15.8. The second-order valence-corrected chi connectivity index (χ2v) is 23.3. The molecule has 0 aliphatic carbocycles. The van der Waals surface area contributed by atoms with Crippen LogP contribution in [0, 0.1) is 11.6 Å². The van der Waals surface area contributed by atoms with Crippen LogP contribution in [0.25, 0.3) is 155 Å². The molecule has 14 aromatic carbocycles. The van der Waals surface area contributed by atoms with Crippen LogP contribution < -0.4 is 108 Å². The number of phenolic OH excluding ortho intramolecular Hbond substituents is 2. The van der Waals surface area contributed by atoms with E-state index in [2.05, 4.69) is 164 Å². The molecule has 0 aliphatic rings. The summed E-state index contributed by atoms with van der Waals surface area (Å²) < 4.78 is 48.3. The third kappa shape index (κ3) is 15.5. The van der Waals surface area contributed by atoms with Crippen LogP contribution in [0.3, 0.4) is 0 Å². The van der Waals surface area contributed by atoms with Gasteiger partial charge in [0.2, 0.25) is 0 Å². The Hall–Kier alpha value is -9.06. The van der Waals surface area contributed by atoms with Crippen molar-refractivity contribution in [2.45, 2.75) is 0 Å². The van der Waals surface area contributed by atoms with Crippen molar-refractivity contribution in [1.82, 2.24) is 0 Å². The maximum atomic E-state index is 15.8. The monoisotopic (exact) mass is 1370 g/mol. The molecule has 13 heteroatoms. The van der Waals surface area contributed by atoms with Crippen molar-refractivity contribution in [2.75, 3.05) is 7.05 Å². The first-order valence-corrected chi connectivity index (χ1v) is 31.6. The zero-order valence-electron chi connectivity index (χ0n) is 55.2. The Balaban J connectivity index is 0.000000193. The summed E-state index contributed by atoms with van der Waals surface area (Å²) in [5, 5.41) is 35.4. The van der Waals surface area contributed by atoms with E-state index in [-0.39, 0.29) is 144 Å². The molecule has 472 valence electrons. The fraction of sp³-hybridized carbons (Fsp3) is 0.0116. The summed E-state index contributed by atoms with van der Waals surface area (Å²) in [5.41, 5.74) is 19.4. The number of carbonyl (C=O) groups excluding carboxylic acids is 1. The van der Waals surface area contributed by atoms with Crippen LogP contribution in [-0.2, 0) is 9.68 Å². The van der Waals surface area contributed by atoms with Gasteiger partial charge in [0.05, 0.1) is 0 Å². The normalized spacial score (nSPS) is 10.6. The van der Waals surface area contributed by atoms with Gasteiger partial charge in [0, 0.05) is 73.1 Å². The summed E-state index contributed by atoms with van der Waals surface area (Å²) in [5.74, 6) is -1.75. The van der Waals surface area contributed by atoms with Crippen molar-refractivity contribution in [3.05, 3.63) is 327 Å². The Morgan fingerprint density at radius 2 is 0.586 bits per heavy atom. The minimum Gasteiger partial charge on any atom is -1.00 e. The van der Waals surface area contributed by atoms with Crippen molar-refractivity contribution in [3.63, 3.8) is 0 Å². The van der Waals surface area contributed by atoms with Gasteiger partial charge in [0.1, 0.15) is 45.5 Å². The van der Waals surface area contributed by atoms with Crippen molar-refractivity contribution >= 4 is 59.4 Å². The molecule has 0 fully saturated rings. The van der Waals surface area contributed by atoms with Crippen LogP contribution in [0.4, 0.5) is 8.78 Å². The topological polar surface area (TPSA) is 128 Å². The zero-order valence-corrected chi connectivity index (χ0v) is 61.5. The number of para-hydroxylation sites is 4. The summed E-state index contributed by atoms with van der Waals surface area (Å²) in [6.45, 7) is -0.181. The van der Waals surface area contributed by atoms with Crippen molar-refractivity contribution in [1.29, 1.82) is 0 Å². The maximum Gasteiger partial charge on any atom is 1.00 e. The fourth-order valence-corrected chi connectivity index (χ4v) is 12.5. The number of rotatable bonds is 11. The predicted molar refractivity (Wildman–Crippen MR) is 390 cm³/mol. The molecule has 2 heterocycles. The number of nitrogens with zero attached hydrogens (tertiary/aromatic N) is 1. The minimum atomic E-state index is -0.724. The molecular formula is C86H60F2K2NO7P. The molecule has 0 saturated carbocycles. The molecule has 0 aliphatic heterocycles. The second kappa shape index (κ2) is 33.2. The second-order valence-electron chi connectivity index (χ2n) is 22.8. The van der Waals surface area contributed by atoms with E-state index in [0.29, 0.717) is 11.1 Å². The van der Waals surface area contributed by atoms with E-state index in [1.165, 1.54) is 22.3 Å².